The fraction of sp³-hybridized carbons (Fsp3) is 0.238. The smallest absolute Gasteiger partial charge is 0.263 e. The van der Waals surface area contributed by atoms with Crippen molar-refractivity contribution in [3.63, 3.8) is 0 Å². The Morgan fingerprint density at radius 2 is 1.62 bits per heavy atom. The minimum absolute atomic E-state index is 0.0338. The van der Waals surface area contributed by atoms with Crippen molar-refractivity contribution in [3.05, 3.63) is 59.6 Å². The summed E-state index contributed by atoms with van der Waals surface area (Å²) >= 11 is 2.53. The fourth-order valence-electron chi connectivity index (χ4n) is 3.48. The first-order valence-corrected chi connectivity index (χ1v) is 15.3. The molecule has 1 aliphatic heterocycles. The summed E-state index contributed by atoms with van der Waals surface area (Å²) in [6.45, 7) is 1.32. The van der Waals surface area contributed by atoms with E-state index in [1.807, 2.05) is 6.26 Å². The highest BCUT2D eigenvalue weighted by Crippen LogP contribution is 2.28. The monoisotopic (exact) mass is 538 g/mol. The first kappa shape index (κ1) is 24.5. The first-order chi connectivity index (χ1) is 16.2. The number of benzene rings is 2. The molecule has 1 aliphatic rings. The molecule has 2 aromatic carbocycles. The summed E-state index contributed by atoms with van der Waals surface area (Å²) in [5.74, 6) is -0.179. The molecule has 2 N–H and O–H groups in total. The second-order valence-corrected chi connectivity index (χ2v) is 12.5. The zero-order valence-corrected chi connectivity index (χ0v) is 21.4. The molecule has 0 radical (unpaired) electrons. The van der Waals surface area contributed by atoms with Gasteiger partial charge in [0.2, 0.25) is 0 Å². The van der Waals surface area contributed by atoms with Gasteiger partial charge in [-0.25, -0.2) is 21.8 Å². The van der Waals surface area contributed by atoms with Gasteiger partial charge in [-0.15, -0.1) is 23.1 Å². The van der Waals surface area contributed by atoms with E-state index in [9.17, 15) is 21.6 Å². The van der Waals surface area contributed by atoms with Crippen LogP contribution in [0.4, 0.5) is 10.8 Å². The van der Waals surface area contributed by atoms with E-state index in [1.165, 1.54) is 54.4 Å². The van der Waals surface area contributed by atoms with Crippen LogP contribution >= 0.6 is 23.1 Å². The third kappa shape index (κ3) is 5.37. The molecule has 1 fully saturated rings. The molecule has 4 rings (SSSR count). The topological polar surface area (TPSA) is 126 Å². The van der Waals surface area contributed by atoms with Crippen molar-refractivity contribution in [1.29, 1.82) is 0 Å². The van der Waals surface area contributed by atoms with Crippen molar-refractivity contribution >= 4 is 59.9 Å². The van der Waals surface area contributed by atoms with Crippen molar-refractivity contribution in [2.24, 2.45) is 0 Å². The predicted molar refractivity (Wildman–Crippen MR) is 134 cm³/mol. The molecule has 0 saturated carbocycles. The Morgan fingerprint density at radius 1 is 0.971 bits per heavy atom. The van der Waals surface area contributed by atoms with Gasteiger partial charge in [0.05, 0.1) is 15.4 Å². The average Bonchev–Trinajstić information content (AvgIpc) is 3.52. The summed E-state index contributed by atoms with van der Waals surface area (Å²) in [5.41, 5.74) is 0.543. The number of aromatic nitrogens is 1. The van der Waals surface area contributed by atoms with Crippen LogP contribution < -0.4 is 9.44 Å². The molecular weight excluding hydrogens is 517 g/mol. The van der Waals surface area contributed by atoms with Gasteiger partial charge >= 0.3 is 0 Å². The van der Waals surface area contributed by atoms with Crippen LogP contribution in [0.2, 0.25) is 0 Å². The largest absolute Gasteiger partial charge is 0.339 e. The highest BCUT2D eigenvalue weighted by atomic mass is 32.2. The molecule has 34 heavy (non-hydrogen) atoms. The molecule has 0 spiro atoms. The Morgan fingerprint density at radius 3 is 2.24 bits per heavy atom. The van der Waals surface area contributed by atoms with Gasteiger partial charge in [0.1, 0.15) is 0 Å². The number of hydrogen-bond donors (Lipinski definition) is 2. The second-order valence-electron chi connectivity index (χ2n) is 7.43. The Hall–Kier alpha value is -2.61. The van der Waals surface area contributed by atoms with Gasteiger partial charge in [0.15, 0.2) is 5.13 Å². The summed E-state index contributed by atoms with van der Waals surface area (Å²) in [5, 5.41) is 1.88. The average molecular weight is 539 g/mol. The molecule has 0 unspecified atom stereocenters. The van der Waals surface area contributed by atoms with Crippen molar-refractivity contribution in [1.82, 2.24) is 9.88 Å². The second kappa shape index (κ2) is 9.94. The standard InChI is InChI=1S/C21H22N4O5S4/c1-31-19-9-8-17(14-18(19)20(26)25-11-2-3-12-25)34(29,30)23-15-4-6-16(7-5-15)33(27,28)24-21-22-10-13-32-21/h4-10,13-14,23H,2-3,11-12H2,1H3,(H,22,24). The molecule has 13 heteroatoms. The summed E-state index contributed by atoms with van der Waals surface area (Å²) in [6.07, 6.45) is 5.19. The molecule has 1 saturated heterocycles. The Labute approximate surface area is 206 Å². The molecule has 180 valence electrons. The van der Waals surface area contributed by atoms with Gasteiger partial charge < -0.3 is 4.90 Å². The number of hydrogen-bond acceptors (Lipinski definition) is 8. The molecule has 0 atom stereocenters. The first-order valence-electron chi connectivity index (χ1n) is 10.2. The maximum atomic E-state index is 13.0. The van der Waals surface area contributed by atoms with E-state index in [-0.39, 0.29) is 26.5 Å². The number of amides is 1. The van der Waals surface area contributed by atoms with E-state index in [1.54, 1.807) is 16.3 Å². The number of anilines is 2. The zero-order valence-electron chi connectivity index (χ0n) is 18.1. The number of likely N-dealkylation sites (tertiary alicyclic amines) is 1. The van der Waals surface area contributed by atoms with Crippen LogP contribution in [0.3, 0.4) is 0 Å². The van der Waals surface area contributed by atoms with Crippen LogP contribution in [0.5, 0.6) is 0 Å². The lowest BCUT2D eigenvalue weighted by Gasteiger charge is -2.18. The van der Waals surface area contributed by atoms with Crippen LogP contribution in [0, 0.1) is 0 Å². The normalized spacial score (nSPS) is 14.2. The number of nitrogens with one attached hydrogen (secondary N) is 2. The molecule has 0 aliphatic carbocycles. The Balaban J connectivity index is 1.55. The van der Waals surface area contributed by atoms with E-state index in [2.05, 4.69) is 14.4 Å². The van der Waals surface area contributed by atoms with Crippen molar-refractivity contribution in [3.8, 4) is 0 Å². The molecule has 2 heterocycles. The summed E-state index contributed by atoms with van der Waals surface area (Å²) in [4.78, 5) is 19.2. The van der Waals surface area contributed by atoms with E-state index in [0.29, 0.717) is 23.5 Å². The van der Waals surface area contributed by atoms with Crippen molar-refractivity contribution in [2.45, 2.75) is 27.5 Å². The molecular formula is C21H22N4O5S4. The van der Waals surface area contributed by atoms with Crippen LogP contribution in [-0.4, -0.2) is 52.0 Å². The van der Waals surface area contributed by atoms with E-state index in [4.69, 9.17) is 0 Å². The maximum Gasteiger partial charge on any atom is 0.263 e. The van der Waals surface area contributed by atoms with Gasteiger partial charge in [-0.1, -0.05) is 0 Å². The molecule has 1 amide bonds. The number of thioether (sulfide) groups is 1. The predicted octanol–water partition coefficient (Wildman–Crippen LogP) is 3.70. The lowest BCUT2D eigenvalue weighted by Crippen LogP contribution is -2.28. The van der Waals surface area contributed by atoms with Crippen LogP contribution in [-0.2, 0) is 20.0 Å². The number of nitrogens with zero attached hydrogens (tertiary/aromatic N) is 2. The summed E-state index contributed by atoms with van der Waals surface area (Å²) in [6, 6.07) is 9.79. The van der Waals surface area contributed by atoms with Gasteiger partial charge in [-0.3, -0.25) is 14.2 Å². The van der Waals surface area contributed by atoms with Crippen LogP contribution in [0.15, 0.2) is 68.7 Å². The zero-order chi connectivity index (χ0) is 24.3. The highest BCUT2D eigenvalue weighted by Gasteiger charge is 2.25. The minimum atomic E-state index is -4.01. The SMILES string of the molecule is CSc1ccc(S(=O)(=O)Nc2ccc(S(=O)(=O)Nc3nccs3)cc2)cc1C(=O)N1CCCC1. The minimum Gasteiger partial charge on any atom is -0.339 e. The van der Waals surface area contributed by atoms with Crippen LogP contribution in [0.1, 0.15) is 23.2 Å². The summed E-state index contributed by atoms with van der Waals surface area (Å²) in [7, 11) is -7.86. The summed E-state index contributed by atoms with van der Waals surface area (Å²) < 4.78 is 55.8. The fourth-order valence-corrected chi connectivity index (χ4v) is 6.92. The third-order valence-corrected chi connectivity index (χ3v) is 9.52. The maximum absolute atomic E-state index is 13.0. The third-order valence-electron chi connectivity index (χ3n) is 5.18. The number of thiazole rings is 1. The number of carbonyl (C=O) groups excluding carboxylic acids is 1. The van der Waals surface area contributed by atoms with Gasteiger partial charge in [-0.05, 0) is 61.6 Å². The number of rotatable bonds is 8. The van der Waals surface area contributed by atoms with Gasteiger partial charge in [-0.2, -0.15) is 0 Å². The number of sulfonamides is 2. The van der Waals surface area contributed by atoms with Gasteiger partial charge in [0.25, 0.3) is 26.0 Å². The van der Waals surface area contributed by atoms with Gasteiger partial charge in [0, 0.05) is 35.2 Å². The highest BCUT2D eigenvalue weighted by molar-refractivity contribution is 7.98. The van der Waals surface area contributed by atoms with Crippen molar-refractivity contribution < 1.29 is 21.6 Å². The Bertz CT molecular complexity index is 1380. The number of carbonyl (C=O) groups is 1. The molecule has 3 aromatic rings. The molecule has 9 nitrogen and oxygen atoms in total. The Kier molecular flexibility index (Phi) is 7.17. The van der Waals surface area contributed by atoms with Crippen LogP contribution in [0.25, 0.3) is 0 Å². The van der Waals surface area contributed by atoms with Crippen molar-refractivity contribution in [2.75, 3.05) is 28.8 Å². The lowest BCUT2D eigenvalue weighted by atomic mass is 10.2. The van der Waals surface area contributed by atoms with E-state index >= 15 is 0 Å². The quantitative estimate of drug-likeness (QED) is 0.419. The molecule has 0 bridgehead atoms. The lowest BCUT2D eigenvalue weighted by molar-refractivity contribution is 0.0789. The molecule has 1 aromatic heterocycles. The van der Waals surface area contributed by atoms with E-state index < -0.39 is 20.0 Å². The van der Waals surface area contributed by atoms with E-state index in [0.717, 1.165) is 24.2 Å².